The molecule has 0 radical (unpaired) electrons. The average molecular weight is 448 g/mol. The standard InChI is InChI=1S/C20H15F3N4O3S/c1-10-14(15-17(30-10)25-9-27(2)18(15)29)16(28)26-19-24-8-13(31-19)7-11-3-5-12(6-4-11)20(21,22)23/h3-6,8-9H,7H2,1-2H3,(H,24,26,28). The molecular formula is C20H15F3N4O3S. The number of alkyl halides is 3. The summed E-state index contributed by atoms with van der Waals surface area (Å²) in [6, 6.07) is 4.87. The number of aromatic nitrogens is 3. The van der Waals surface area contributed by atoms with E-state index in [2.05, 4.69) is 15.3 Å². The second-order valence-electron chi connectivity index (χ2n) is 6.83. The molecule has 0 aliphatic carbocycles. The van der Waals surface area contributed by atoms with Gasteiger partial charge in [0.15, 0.2) is 5.13 Å². The summed E-state index contributed by atoms with van der Waals surface area (Å²) in [7, 11) is 1.52. The molecule has 0 unspecified atom stereocenters. The van der Waals surface area contributed by atoms with E-state index in [0.717, 1.165) is 17.0 Å². The number of halogens is 3. The van der Waals surface area contributed by atoms with Gasteiger partial charge in [0.05, 0.1) is 11.1 Å². The van der Waals surface area contributed by atoms with Crippen LogP contribution in [0, 0.1) is 6.92 Å². The highest BCUT2D eigenvalue weighted by molar-refractivity contribution is 7.15. The Bertz CT molecular complexity index is 1340. The summed E-state index contributed by atoms with van der Waals surface area (Å²) in [4.78, 5) is 34.1. The molecule has 4 rings (SSSR count). The van der Waals surface area contributed by atoms with Gasteiger partial charge >= 0.3 is 6.18 Å². The number of anilines is 1. The Kier molecular flexibility index (Phi) is 5.13. The Labute approximate surface area is 177 Å². The van der Waals surface area contributed by atoms with Gasteiger partial charge in [-0.15, -0.1) is 11.3 Å². The first-order chi connectivity index (χ1) is 14.6. The Morgan fingerprint density at radius 1 is 1.23 bits per heavy atom. The number of carbonyl (C=O) groups is 1. The monoisotopic (exact) mass is 448 g/mol. The lowest BCUT2D eigenvalue weighted by Gasteiger charge is -2.06. The summed E-state index contributed by atoms with van der Waals surface area (Å²) >= 11 is 1.19. The van der Waals surface area contributed by atoms with E-state index in [1.807, 2.05) is 0 Å². The number of fused-ring (bicyclic) bond motifs is 1. The van der Waals surface area contributed by atoms with E-state index >= 15 is 0 Å². The Balaban J connectivity index is 1.53. The summed E-state index contributed by atoms with van der Waals surface area (Å²) in [6.07, 6.45) is -1.17. The van der Waals surface area contributed by atoms with Gasteiger partial charge in [0.1, 0.15) is 17.5 Å². The van der Waals surface area contributed by atoms with Crippen LogP contribution >= 0.6 is 11.3 Å². The van der Waals surface area contributed by atoms with Crippen LogP contribution in [0.5, 0.6) is 0 Å². The van der Waals surface area contributed by atoms with Crippen molar-refractivity contribution in [2.45, 2.75) is 19.5 Å². The summed E-state index contributed by atoms with van der Waals surface area (Å²) in [5, 5.41) is 3.02. The van der Waals surface area contributed by atoms with Crippen LogP contribution in [-0.2, 0) is 19.6 Å². The van der Waals surface area contributed by atoms with Crippen molar-refractivity contribution >= 4 is 33.5 Å². The second kappa shape index (κ2) is 7.65. The van der Waals surface area contributed by atoms with E-state index in [1.165, 1.54) is 41.4 Å². The maximum absolute atomic E-state index is 12.8. The van der Waals surface area contributed by atoms with E-state index in [9.17, 15) is 22.8 Å². The molecule has 0 aliphatic rings. The van der Waals surface area contributed by atoms with Crippen LogP contribution in [0.4, 0.5) is 18.3 Å². The highest BCUT2D eigenvalue weighted by Gasteiger charge is 2.30. The van der Waals surface area contributed by atoms with Gasteiger partial charge in [0, 0.05) is 24.5 Å². The molecule has 3 heterocycles. The molecule has 0 atom stereocenters. The number of hydrogen-bond acceptors (Lipinski definition) is 6. The van der Waals surface area contributed by atoms with Crippen molar-refractivity contribution in [3.63, 3.8) is 0 Å². The minimum atomic E-state index is -4.38. The molecule has 0 fully saturated rings. The van der Waals surface area contributed by atoms with Crippen LogP contribution in [0.15, 0.2) is 46.0 Å². The van der Waals surface area contributed by atoms with Crippen LogP contribution in [0.3, 0.4) is 0 Å². The van der Waals surface area contributed by atoms with E-state index in [0.29, 0.717) is 17.1 Å². The lowest BCUT2D eigenvalue weighted by Crippen LogP contribution is -2.20. The predicted octanol–water partition coefficient (Wildman–Crippen LogP) is 4.15. The highest BCUT2D eigenvalue weighted by Crippen LogP contribution is 2.30. The third kappa shape index (κ3) is 4.08. The van der Waals surface area contributed by atoms with Crippen LogP contribution in [0.2, 0.25) is 0 Å². The number of benzene rings is 1. The Hall–Kier alpha value is -3.47. The summed E-state index contributed by atoms with van der Waals surface area (Å²) in [5.41, 5.74) is -0.275. The van der Waals surface area contributed by atoms with Gasteiger partial charge < -0.3 is 8.98 Å². The molecule has 0 spiro atoms. The van der Waals surface area contributed by atoms with Gasteiger partial charge in [-0.1, -0.05) is 12.1 Å². The fourth-order valence-corrected chi connectivity index (χ4v) is 3.92. The highest BCUT2D eigenvalue weighted by atomic mass is 32.1. The minimum absolute atomic E-state index is 0.0767. The summed E-state index contributed by atoms with van der Waals surface area (Å²) < 4.78 is 44.7. The van der Waals surface area contributed by atoms with Crippen molar-refractivity contribution in [2.24, 2.45) is 7.05 Å². The predicted molar refractivity (Wildman–Crippen MR) is 108 cm³/mol. The lowest BCUT2D eigenvalue weighted by molar-refractivity contribution is -0.137. The molecule has 1 amide bonds. The third-order valence-corrected chi connectivity index (χ3v) is 5.52. The van der Waals surface area contributed by atoms with Crippen LogP contribution in [0.25, 0.3) is 11.1 Å². The zero-order valence-corrected chi connectivity index (χ0v) is 17.1. The molecule has 1 aromatic carbocycles. The van der Waals surface area contributed by atoms with E-state index in [4.69, 9.17) is 4.42 Å². The maximum Gasteiger partial charge on any atom is 0.416 e. The Morgan fingerprint density at radius 3 is 2.61 bits per heavy atom. The number of rotatable bonds is 4. The second-order valence-corrected chi connectivity index (χ2v) is 7.95. The SMILES string of the molecule is Cc1oc2ncn(C)c(=O)c2c1C(=O)Nc1ncc(Cc2ccc(C(F)(F)F)cc2)s1. The van der Waals surface area contributed by atoms with Crippen LogP contribution in [0.1, 0.15) is 32.1 Å². The fraction of sp³-hybridized carbons (Fsp3) is 0.200. The topological polar surface area (TPSA) is 90.0 Å². The van der Waals surface area contributed by atoms with Gasteiger partial charge in [0.25, 0.3) is 11.5 Å². The molecule has 0 aliphatic heterocycles. The molecule has 0 saturated heterocycles. The van der Waals surface area contributed by atoms with Gasteiger partial charge in [-0.2, -0.15) is 13.2 Å². The number of furan rings is 1. The number of nitrogens with zero attached hydrogens (tertiary/aromatic N) is 3. The molecule has 4 aromatic rings. The third-order valence-electron chi connectivity index (χ3n) is 4.61. The van der Waals surface area contributed by atoms with Gasteiger partial charge in [-0.3, -0.25) is 14.9 Å². The molecule has 3 aromatic heterocycles. The van der Waals surface area contributed by atoms with Gasteiger partial charge in [-0.25, -0.2) is 9.97 Å². The molecule has 7 nitrogen and oxygen atoms in total. The average Bonchev–Trinajstić information content (AvgIpc) is 3.28. The first-order valence-electron chi connectivity index (χ1n) is 9.00. The zero-order chi connectivity index (χ0) is 22.3. The zero-order valence-electron chi connectivity index (χ0n) is 16.3. The lowest BCUT2D eigenvalue weighted by atomic mass is 10.1. The molecule has 0 bridgehead atoms. The van der Waals surface area contributed by atoms with Crippen molar-refractivity contribution in [1.82, 2.24) is 14.5 Å². The number of nitrogens with one attached hydrogen (secondary N) is 1. The van der Waals surface area contributed by atoms with Gasteiger partial charge in [-0.05, 0) is 24.6 Å². The normalized spacial score (nSPS) is 11.8. The van der Waals surface area contributed by atoms with Crippen LogP contribution in [-0.4, -0.2) is 20.4 Å². The molecule has 11 heteroatoms. The molecule has 160 valence electrons. The first-order valence-corrected chi connectivity index (χ1v) is 9.82. The van der Waals surface area contributed by atoms with E-state index < -0.39 is 23.2 Å². The Morgan fingerprint density at radius 2 is 1.94 bits per heavy atom. The van der Waals surface area contributed by atoms with Crippen molar-refractivity contribution in [3.8, 4) is 0 Å². The number of carbonyl (C=O) groups excluding carboxylic acids is 1. The summed E-state index contributed by atoms with van der Waals surface area (Å²) in [6.45, 7) is 1.56. The molecule has 0 saturated carbocycles. The number of thiazole rings is 1. The molecule has 1 N–H and O–H groups in total. The van der Waals surface area contributed by atoms with Gasteiger partial charge in [0.2, 0.25) is 5.71 Å². The first kappa shape index (κ1) is 20.8. The number of aryl methyl sites for hydroxylation is 2. The number of amides is 1. The number of hydrogen-bond donors (Lipinski definition) is 1. The van der Waals surface area contributed by atoms with E-state index in [1.54, 1.807) is 13.1 Å². The summed E-state index contributed by atoms with van der Waals surface area (Å²) in [5.74, 6) is -0.304. The smallest absolute Gasteiger partial charge is 0.416 e. The largest absolute Gasteiger partial charge is 0.442 e. The quantitative estimate of drug-likeness (QED) is 0.507. The van der Waals surface area contributed by atoms with Crippen molar-refractivity contribution < 1.29 is 22.4 Å². The maximum atomic E-state index is 12.8. The molecular weight excluding hydrogens is 433 g/mol. The van der Waals surface area contributed by atoms with Crippen molar-refractivity contribution in [1.29, 1.82) is 0 Å². The van der Waals surface area contributed by atoms with Crippen molar-refractivity contribution in [3.05, 3.63) is 74.5 Å². The molecule has 31 heavy (non-hydrogen) atoms. The fourth-order valence-electron chi connectivity index (χ4n) is 3.08. The van der Waals surface area contributed by atoms with Crippen LogP contribution < -0.4 is 10.9 Å². The van der Waals surface area contributed by atoms with E-state index in [-0.39, 0.29) is 22.4 Å². The minimum Gasteiger partial charge on any atom is -0.442 e. The van der Waals surface area contributed by atoms with Crippen molar-refractivity contribution in [2.75, 3.05) is 5.32 Å².